The number of imidazole rings is 1. The zero-order chi connectivity index (χ0) is 16.7. The summed E-state index contributed by atoms with van der Waals surface area (Å²) < 4.78 is 7.28. The Morgan fingerprint density at radius 2 is 2.21 bits per heavy atom. The van der Waals surface area contributed by atoms with E-state index in [4.69, 9.17) is 22.1 Å². The lowest BCUT2D eigenvalue weighted by Crippen LogP contribution is -2.40. The number of hydrogen-bond donors (Lipinski definition) is 1. The molecule has 2 aliphatic heterocycles. The van der Waals surface area contributed by atoms with E-state index in [0.29, 0.717) is 36.9 Å². The fourth-order valence-corrected chi connectivity index (χ4v) is 4.42. The Hall–Kier alpha value is -1.63. The molecule has 1 unspecified atom stereocenters. The molecule has 2 fully saturated rings. The number of rotatable bonds is 2. The third-order valence-electron chi connectivity index (χ3n) is 5.56. The summed E-state index contributed by atoms with van der Waals surface area (Å²) in [5.74, 6) is 0.240. The van der Waals surface area contributed by atoms with Crippen LogP contribution in [0.4, 0.5) is 0 Å². The number of halogens is 1. The van der Waals surface area contributed by atoms with Gasteiger partial charge in [-0.05, 0) is 42.9 Å². The van der Waals surface area contributed by atoms with Crippen molar-refractivity contribution in [3.63, 3.8) is 0 Å². The van der Waals surface area contributed by atoms with Gasteiger partial charge in [-0.25, -0.2) is 4.98 Å². The van der Waals surface area contributed by atoms with Crippen LogP contribution in [0.1, 0.15) is 23.3 Å². The van der Waals surface area contributed by atoms with Gasteiger partial charge in [-0.3, -0.25) is 9.20 Å². The lowest BCUT2D eigenvalue weighted by molar-refractivity contribution is 0.00137. The van der Waals surface area contributed by atoms with Crippen LogP contribution in [-0.2, 0) is 4.74 Å². The van der Waals surface area contributed by atoms with E-state index in [-0.39, 0.29) is 16.5 Å². The summed E-state index contributed by atoms with van der Waals surface area (Å²) in [5.41, 5.74) is 7.22. The average molecular weight is 349 g/mol. The fourth-order valence-electron chi connectivity index (χ4n) is 4.17. The molecule has 0 bridgehead atoms. The highest BCUT2D eigenvalue weighted by Gasteiger charge is 2.48. The highest BCUT2D eigenvalue weighted by molar-refractivity contribution is 6.32. The minimum atomic E-state index is -0.0690. The second-order valence-electron chi connectivity index (χ2n) is 6.77. The Kier molecular flexibility index (Phi) is 3.98. The Morgan fingerprint density at radius 3 is 2.96 bits per heavy atom. The number of aromatic nitrogens is 2. The highest BCUT2D eigenvalue weighted by Crippen LogP contribution is 2.44. The van der Waals surface area contributed by atoms with Crippen LogP contribution in [0.15, 0.2) is 24.4 Å². The molecule has 2 aromatic rings. The average Bonchev–Trinajstić information content (AvgIpc) is 3.12. The van der Waals surface area contributed by atoms with Crippen LogP contribution in [0.3, 0.4) is 0 Å². The van der Waals surface area contributed by atoms with E-state index >= 15 is 0 Å². The quantitative estimate of drug-likeness (QED) is 0.898. The second kappa shape index (κ2) is 6.02. The first kappa shape index (κ1) is 15.9. The Bertz CT molecular complexity index is 769. The summed E-state index contributed by atoms with van der Waals surface area (Å²) in [6, 6.07) is 5.59. The van der Waals surface area contributed by atoms with Crippen molar-refractivity contribution in [2.45, 2.75) is 12.8 Å². The SMILES string of the molecule is NCC1CN(C(=O)c2c(Cl)nc3ccccn23)CC12CCOCC2. The molecule has 4 heterocycles. The van der Waals surface area contributed by atoms with Crippen LogP contribution in [0.25, 0.3) is 5.65 Å². The largest absolute Gasteiger partial charge is 0.381 e. The lowest BCUT2D eigenvalue weighted by Gasteiger charge is -2.37. The second-order valence-corrected chi connectivity index (χ2v) is 7.13. The molecule has 0 radical (unpaired) electrons. The van der Waals surface area contributed by atoms with Gasteiger partial charge in [0, 0.05) is 32.5 Å². The number of ether oxygens (including phenoxy) is 1. The Balaban J connectivity index is 1.66. The van der Waals surface area contributed by atoms with Crippen molar-refractivity contribution < 1.29 is 9.53 Å². The van der Waals surface area contributed by atoms with Crippen molar-refractivity contribution in [3.8, 4) is 0 Å². The molecule has 1 atom stereocenters. The number of carbonyl (C=O) groups excluding carboxylic acids is 1. The van der Waals surface area contributed by atoms with Gasteiger partial charge in [-0.15, -0.1) is 0 Å². The van der Waals surface area contributed by atoms with Gasteiger partial charge in [0.25, 0.3) is 5.91 Å². The Labute approximate surface area is 145 Å². The first-order valence-electron chi connectivity index (χ1n) is 8.34. The normalized spacial score (nSPS) is 23.2. The minimum Gasteiger partial charge on any atom is -0.381 e. The molecule has 0 saturated carbocycles. The van der Waals surface area contributed by atoms with Gasteiger partial charge in [0.1, 0.15) is 5.65 Å². The molecule has 128 valence electrons. The predicted molar refractivity (Wildman–Crippen MR) is 91.1 cm³/mol. The number of nitrogens with two attached hydrogens (primary N) is 1. The van der Waals surface area contributed by atoms with Gasteiger partial charge < -0.3 is 15.4 Å². The molecule has 1 amide bonds. The summed E-state index contributed by atoms with van der Waals surface area (Å²) in [7, 11) is 0. The predicted octanol–water partition coefficient (Wildman–Crippen LogP) is 1.82. The van der Waals surface area contributed by atoms with Crippen molar-refractivity contribution in [1.82, 2.24) is 14.3 Å². The maximum atomic E-state index is 13.1. The van der Waals surface area contributed by atoms with E-state index in [2.05, 4.69) is 4.98 Å². The standard InChI is InChI=1S/C17H21ClN4O2/c18-15-14(22-6-2-1-3-13(22)20-15)16(23)21-10-12(9-19)17(11-21)4-7-24-8-5-17/h1-3,6,12H,4-5,7-11,19H2. The van der Waals surface area contributed by atoms with Crippen molar-refractivity contribution in [1.29, 1.82) is 0 Å². The van der Waals surface area contributed by atoms with E-state index in [1.54, 1.807) is 4.40 Å². The van der Waals surface area contributed by atoms with Crippen LogP contribution in [0.2, 0.25) is 5.15 Å². The monoisotopic (exact) mass is 348 g/mol. The molecule has 7 heteroatoms. The topological polar surface area (TPSA) is 72.9 Å². The van der Waals surface area contributed by atoms with E-state index < -0.39 is 0 Å². The molecule has 2 aromatic heterocycles. The van der Waals surface area contributed by atoms with Crippen LogP contribution in [0, 0.1) is 11.3 Å². The molecule has 2 saturated heterocycles. The molecule has 0 aliphatic carbocycles. The number of hydrogen-bond acceptors (Lipinski definition) is 4. The first-order chi connectivity index (χ1) is 11.6. The zero-order valence-electron chi connectivity index (χ0n) is 13.4. The molecule has 6 nitrogen and oxygen atoms in total. The van der Waals surface area contributed by atoms with E-state index in [1.807, 2.05) is 29.3 Å². The van der Waals surface area contributed by atoms with Crippen molar-refractivity contribution >= 4 is 23.2 Å². The molecular formula is C17H21ClN4O2. The molecule has 2 aliphatic rings. The number of pyridine rings is 1. The summed E-state index contributed by atoms with van der Waals surface area (Å²) in [6.07, 6.45) is 3.74. The van der Waals surface area contributed by atoms with Gasteiger partial charge in [0.2, 0.25) is 0 Å². The van der Waals surface area contributed by atoms with Gasteiger partial charge >= 0.3 is 0 Å². The number of carbonyl (C=O) groups is 1. The van der Waals surface area contributed by atoms with Crippen molar-refractivity contribution in [3.05, 3.63) is 35.2 Å². The van der Waals surface area contributed by atoms with Gasteiger partial charge in [-0.1, -0.05) is 17.7 Å². The van der Waals surface area contributed by atoms with Crippen LogP contribution < -0.4 is 5.73 Å². The zero-order valence-corrected chi connectivity index (χ0v) is 14.2. The fraction of sp³-hybridized carbons (Fsp3) is 0.529. The van der Waals surface area contributed by atoms with Crippen LogP contribution in [0.5, 0.6) is 0 Å². The molecule has 24 heavy (non-hydrogen) atoms. The first-order valence-corrected chi connectivity index (χ1v) is 8.72. The van der Waals surface area contributed by atoms with Gasteiger partial charge in [0.05, 0.1) is 0 Å². The number of amides is 1. The van der Waals surface area contributed by atoms with Crippen molar-refractivity contribution in [2.24, 2.45) is 17.1 Å². The summed E-state index contributed by atoms with van der Waals surface area (Å²) in [5, 5.41) is 0.253. The number of fused-ring (bicyclic) bond motifs is 1. The third kappa shape index (κ3) is 2.41. The molecule has 0 aromatic carbocycles. The van der Waals surface area contributed by atoms with E-state index in [9.17, 15) is 4.79 Å². The smallest absolute Gasteiger partial charge is 0.274 e. The number of likely N-dealkylation sites (tertiary alicyclic amines) is 1. The summed E-state index contributed by atoms with van der Waals surface area (Å²) in [6.45, 7) is 3.47. The van der Waals surface area contributed by atoms with E-state index in [1.165, 1.54) is 0 Å². The number of nitrogens with zero attached hydrogens (tertiary/aromatic N) is 3. The minimum absolute atomic E-state index is 0.0690. The van der Waals surface area contributed by atoms with Crippen LogP contribution in [-0.4, -0.2) is 53.0 Å². The summed E-state index contributed by atoms with van der Waals surface area (Å²) in [4.78, 5) is 19.3. The van der Waals surface area contributed by atoms with Crippen molar-refractivity contribution in [2.75, 3.05) is 32.8 Å². The molecule has 1 spiro atoms. The molecule has 4 rings (SSSR count). The molecule has 2 N–H and O–H groups in total. The highest BCUT2D eigenvalue weighted by atomic mass is 35.5. The lowest BCUT2D eigenvalue weighted by atomic mass is 9.72. The van der Waals surface area contributed by atoms with Gasteiger partial charge in [-0.2, -0.15) is 0 Å². The summed E-state index contributed by atoms with van der Waals surface area (Å²) >= 11 is 6.26. The maximum Gasteiger partial charge on any atom is 0.274 e. The Morgan fingerprint density at radius 1 is 1.42 bits per heavy atom. The third-order valence-corrected chi connectivity index (χ3v) is 5.83. The van der Waals surface area contributed by atoms with Crippen LogP contribution >= 0.6 is 11.6 Å². The maximum absolute atomic E-state index is 13.1. The molecular weight excluding hydrogens is 328 g/mol. The van der Waals surface area contributed by atoms with Gasteiger partial charge in [0.15, 0.2) is 10.8 Å². The van der Waals surface area contributed by atoms with E-state index in [0.717, 1.165) is 26.1 Å².